The highest BCUT2D eigenvalue weighted by atomic mass is 35.5. The van der Waals surface area contributed by atoms with Gasteiger partial charge in [0.1, 0.15) is 5.75 Å². The van der Waals surface area contributed by atoms with Gasteiger partial charge in [0, 0.05) is 23.2 Å². The number of hydrogen-bond acceptors (Lipinski definition) is 5. The van der Waals surface area contributed by atoms with Crippen LogP contribution in [0.2, 0.25) is 5.15 Å². The van der Waals surface area contributed by atoms with E-state index in [1.165, 1.54) is 25.9 Å². The molecular formula is C14H10ClN3O3S2. The molecule has 3 aromatic heterocycles. The molecule has 0 aliphatic carbocycles. The third-order valence-corrected chi connectivity index (χ3v) is 6.39. The van der Waals surface area contributed by atoms with Gasteiger partial charge in [0.05, 0.1) is 12.6 Å². The zero-order chi connectivity index (χ0) is 16.2. The molecule has 0 saturated carbocycles. The zero-order valence-corrected chi connectivity index (χ0v) is 14.2. The van der Waals surface area contributed by atoms with Crippen molar-refractivity contribution in [2.24, 2.45) is 0 Å². The van der Waals surface area contributed by atoms with Gasteiger partial charge in [0.2, 0.25) is 5.03 Å². The van der Waals surface area contributed by atoms with Crippen LogP contribution in [0.25, 0.3) is 15.9 Å². The quantitative estimate of drug-likeness (QED) is 0.557. The molecule has 4 rings (SSSR count). The Balaban J connectivity index is 1.99. The SMILES string of the molecule is COc1ccc2c(ccn2S(=O)(=O)c2c(Cl)nc3sccn23)c1. The van der Waals surface area contributed by atoms with Crippen molar-refractivity contribution in [2.45, 2.75) is 5.03 Å². The van der Waals surface area contributed by atoms with Gasteiger partial charge >= 0.3 is 0 Å². The minimum absolute atomic E-state index is 0.0350. The molecular weight excluding hydrogens is 358 g/mol. The molecule has 0 fully saturated rings. The van der Waals surface area contributed by atoms with Crippen LogP contribution in [0.4, 0.5) is 0 Å². The maximum absolute atomic E-state index is 13.0. The Morgan fingerprint density at radius 3 is 2.87 bits per heavy atom. The number of rotatable bonds is 3. The van der Waals surface area contributed by atoms with Gasteiger partial charge < -0.3 is 4.74 Å². The molecule has 118 valence electrons. The average Bonchev–Trinajstić information content (AvgIpc) is 3.19. The number of aromatic nitrogens is 3. The van der Waals surface area contributed by atoms with Gasteiger partial charge in [-0.3, -0.25) is 4.40 Å². The summed E-state index contributed by atoms with van der Waals surface area (Å²) in [7, 11) is -2.31. The normalized spacial score (nSPS) is 12.3. The number of hydrogen-bond donors (Lipinski definition) is 0. The number of nitrogens with zero attached hydrogens (tertiary/aromatic N) is 3. The molecule has 0 spiro atoms. The third kappa shape index (κ3) is 2.06. The molecule has 1 aromatic carbocycles. The van der Waals surface area contributed by atoms with Crippen LogP contribution in [0.3, 0.4) is 0 Å². The van der Waals surface area contributed by atoms with Gasteiger partial charge in [-0.2, -0.15) is 8.42 Å². The molecule has 0 bridgehead atoms. The Bertz CT molecular complexity index is 1140. The van der Waals surface area contributed by atoms with Crippen LogP contribution in [-0.2, 0) is 10.0 Å². The second kappa shape index (κ2) is 4.98. The minimum atomic E-state index is -3.87. The molecule has 0 unspecified atom stereocenters. The first-order chi connectivity index (χ1) is 11.0. The van der Waals surface area contributed by atoms with Crippen LogP contribution in [0.15, 0.2) is 47.1 Å². The Kier molecular flexibility index (Phi) is 3.15. The van der Waals surface area contributed by atoms with Crippen molar-refractivity contribution in [3.05, 3.63) is 47.2 Å². The molecule has 0 radical (unpaired) electrons. The molecule has 0 atom stereocenters. The maximum Gasteiger partial charge on any atom is 0.287 e. The Labute approximate surface area is 140 Å². The first-order valence-corrected chi connectivity index (χ1v) is 9.24. The van der Waals surface area contributed by atoms with Crippen LogP contribution in [0.5, 0.6) is 5.75 Å². The van der Waals surface area contributed by atoms with Crippen molar-refractivity contribution in [2.75, 3.05) is 7.11 Å². The van der Waals surface area contributed by atoms with Crippen molar-refractivity contribution in [1.82, 2.24) is 13.4 Å². The van der Waals surface area contributed by atoms with Gasteiger partial charge in [-0.05, 0) is 24.3 Å². The smallest absolute Gasteiger partial charge is 0.287 e. The molecule has 23 heavy (non-hydrogen) atoms. The summed E-state index contributed by atoms with van der Waals surface area (Å²) in [4.78, 5) is 4.63. The lowest BCUT2D eigenvalue weighted by molar-refractivity contribution is 0.415. The van der Waals surface area contributed by atoms with Crippen molar-refractivity contribution in [3.63, 3.8) is 0 Å². The van der Waals surface area contributed by atoms with Crippen molar-refractivity contribution in [1.29, 1.82) is 0 Å². The van der Waals surface area contributed by atoms with E-state index in [0.717, 1.165) is 5.39 Å². The van der Waals surface area contributed by atoms with E-state index in [9.17, 15) is 8.42 Å². The molecule has 0 aliphatic rings. The van der Waals surface area contributed by atoms with Gasteiger partial charge in [0.15, 0.2) is 10.1 Å². The predicted molar refractivity (Wildman–Crippen MR) is 89.2 cm³/mol. The average molecular weight is 368 g/mol. The van der Waals surface area contributed by atoms with Crippen LogP contribution in [0, 0.1) is 0 Å². The summed E-state index contributed by atoms with van der Waals surface area (Å²) in [5.41, 5.74) is 0.548. The van der Waals surface area contributed by atoms with Crippen LogP contribution in [0.1, 0.15) is 0 Å². The summed E-state index contributed by atoms with van der Waals surface area (Å²) in [5, 5.41) is 2.45. The lowest BCUT2D eigenvalue weighted by Gasteiger charge is -2.07. The highest BCUT2D eigenvalue weighted by molar-refractivity contribution is 7.90. The molecule has 0 N–H and O–H groups in total. The van der Waals surface area contributed by atoms with Crippen LogP contribution < -0.4 is 4.74 Å². The van der Waals surface area contributed by atoms with Crippen molar-refractivity contribution < 1.29 is 13.2 Å². The summed E-state index contributed by atoms with van der Waals surface area (Å²) >= 11 is 7.39. The zero-order valence-electron chi connectivity index (χ0n) is 11.8. The highest BCUT2D eigenvalue weighted by Gasteiger charge is 2.27. The van der Waals surface area contributed by atoms with E-state index in [2.05, 4.69) is 4.98 Å². The number of imidazole rings is 1. The van der Waals surface area contributed by atoms with Crippen LogP contribution >= 0.6 is 22.9 Å². The molecule has 0 aliphatic heterocycles. The van der Waals surface area contributed by atoms with E-state index in [1.807, 2.05) is 0 Å². The van der Waals surface area contributed by atoms with Gasteiger partial charge in [-0.15, -0.1) is 11.3 Å². The van der Waals surface area contributed by atoms with Crippen molar-refractivity contribution >= 4 is 48.8 Å². The Morgan fingerprint density at radius 1 is 1.26 bits per heavy atom. The maximum atomic E-state index is 13.0. The lowest BCUT2D eigenvalue weighted by Crippen LogP contribution is -2.14. The number of halogens is 1. The Morgan fingerprint density at radius 2 is 2.09 bits per heavy atom. The largest absolute Gasteiger partial charge is 0.497 e. The summed E-state index contributed by atoms with van der Waals surface area (Å²) < 4.78 is 33.9. The number of fused-ring (bicyclic) bond motifs is 2. The number of thiazole rings is 1. The molecule has 3 heterocycles. The predicted octanol–water partition coefficient (Wildman–Crippen LogP) is 3.25. The van der Waals surface area contributed by atoms with Gasteiger partial charge in [-0.1, -0.05) is 11.6 Å². The topological polar surface area (TPSA) is 65.6 Å². The number of benzene rings is 1. The van der Waals surface area contributed by atoms with Gasteiger partial charge in [0.25, 0.3) is 10.0 Å². The van der Waals surface area contributed by atoms with E-state index in [0.29, 0.717) is 16.2 Å². The summed E-state index contributed by atoms with van der Waals surface area (Å²) in [6, 6.07) is 6.91. The molecule has 0 amide bonds. The molecule has 9 heteroatoms. The highest BCUT2D eigenvalue weighted by Crippen LogP contribution is 2.30. The third-order valence-electron chi connectivity index (χ3n) is 3.54. The summed E-state index contributed by atoms with van der Waals surface area (Å²) in [6.07, 6.45) is 3.14. The van der Waals surface area contributed by atoms with Crippen molar-refractivity contribution in [3.8, 4) is 5.75 Å². The molecule has 6 nitrogen and oxygen atoms in total. The second-order valence-corrected chi connectivity index (χ2v) is 7.77. The fourth-order valence-electron chi connectivity index (χ4n) is 2.49. The summed E-state index contributed by atoms with van der Waals surface area (Å²) in [5.74, 6) is 0.662. The standard InChI is InChI=1S/C14H10ClN3O3S2/c1-21-10-2-3-11-9(8-10)4-5-18(11)23(19,20)13-12(15)16-14-17(13)6-7-22-14/h2-8H,1H3. The van der Waals surface area contributed by atoms with Gasteiger partial charge in [-0.25, -0.2) is 8.96 Å². The fraction of sp³-hybridized carbons (Fsp3) is 0.0714. The minimum Gasteiger partial charge on any atom is -0.497 e. The van der Waals surface area contributed by atoms with E-state index >= 15 is 0 Å². The molecule has 0 saturated heterocycles. The first kappa shape index (κ1) is 14.6. The molecule has 4 aromatic rings. The Hall–Kier alpha value is -2.03. The van der Waals surface area contributed by atoms with E-state index in [-0.39, 0.29) is 10.2 Å². The monoisotopic (exact) mass is 367 g/mol. The summed E-state index contributed by atoms with van der Waals surface area (Å²) in [6.45, 7) is 0. The van der Waals surface area contributed by atoms with E-state index in [1.54, 1.807) is 43.0 Å². The number of ether oxygens (including phenoxy) is 1. The van der Waals surface area contributed by atoms with Crippen LogP contribution in [-0.4, -0.2) is 28.9 Å². The second-order valence-electron chi connectivity index (χ2n) is 4.80. The van der Waals surface area contributed by atoms with E-state index < -0.39 is 10.0 Å². The fourth-order valence-corrected chi connectivity index (χ4v) is 5.27. The lowest BCUT2D eigenvalue weighted by atomic mass is 10.2. The van der Waals surface area contributed by atoms with E-state index in [4.69, 9.17) is 16.3 Å². The number of methoxy groups -OCH3 is 1. The first-order valence-electron chi connectivity index (χ1n) is 6.54.